The van der Waals surface area contributed by atoms with E-state index in [2.05, 4.69) is 384 Å². The third-order valence-electron chi connectivity index (χ3n) is 21.3. The molecule has 2 aliphatic heterocycles. The highest BCUT2D eigenvalue weighted by molar-refractivity contribution is 7.00. The molecule has 0 unspecified atom stereocenters. The molecule has 3 heterocycles. The van der Waals surface area contributed by atoms with E-state index in [4.69, 9.17) is 0 Å². The van der Waals surface area contributed by atoms with Crippen molar-refractivity contribution in [2.45, 2.75) is 85.0 Å². The first-order chi connectivity index (χ1) is 49.3. The minimum absolute atomic E-state index is 0.0503. The lowest BCUT2D eigenvalue weighted by Crippen LogP contribution is -2.61. The molecule has 0 fully saturated rings. The van der Waals surface area contributed by atoms with Crippen molar-refractivity contribution >= 4 is 79.0 Å². The van der Waals surface area contributed by atoms with Crippen molar-refractivity contribution in [2.24, 2.45) is 0 Å². The molecule has 0 N–H and O–H groups in total. The number of hydrogen-bond acceptors (Lipinski definition) is 2. The lowest BCUT2D eigenvalue weighted by molar-refractivity contribution is 0.590. The van der Waals surface area contributed by atoms with Gasteiger partial charge in [0.1, 0.15) is 0 Å². The van der Waals surface area contributed by atoms with Crippen molar-refractivity contribution in [1.82, 2.24) is 4.57 Å². The van der Waals surface area contributed by atoms with E-state index in [1.165, 1.54) is 94.1 Å². The number of anilines is 6. The van der Waals surface area contributed by atoms with Gasteiger partial charge in [0.05, 0.1) is 22.4 Å². The van der Waals surface area contributed by atoms with Crippen molar-refractivity contribution in [1.29, 1.82) is 0 Å². The molecule has 0 radical (unpaired) electrons. The van der Waals surface area contributed by atoms with Crippen LogP contribution in [-0.2, 0) is 17.3 Å². The van der Waals surface area contributed by atoms with Gasteiger partial charge >= 0.3 is 0 Å². The Kier molecular flexibility index (Phi) is 16.0. The summed E-state index contributed by atoms with van der Waals surface area (Å²) >= 11 is 0. The number of benzene rings is 14. The number of aromatic nitrogens is 1. The molecular weight excluding hydrogens is 1220 g/mol. The highest BCUT2D eigenvalue weighted by Crippen LogP contribution is 2.55. The van der Waals surface area contributed by atoms with Crippen molar-refractivity contribution in [3.8, 4) is 83.6 Å². The van der Waals surface area contributed by atoms with Crippen molar-refractivity contribution in [2.75, 3.05) is 9.80 Å². The van der Waals surface area contributed by atoms with Gasteiger partial charge in [-0.2, -0.15) is 0 Å². The van der Waals surface area contributed by atoms with E-state index < -0.39 is 0 Å². The zero-order valence-corrected chi connectivity index (χ0v) is 58.8. The molecule has 0 amide bonds. The molecule has 1 aromatic heterocycles. The molecule has 3 nitrogen and oxygen atoms in total. The minimum atomic E-state index is -0.213. The molecule has 0 aliphatic carbocycles. The highest BCUT2D eigenvalue weighted by Gasteiger charge is 2.46. The zero-order valence-electron chi connectivity index (χ0n) is 58.8. The summed E-state index contributed by atoms with van der Waals surface area (Å²) in [5, 5.41) is 2.54. The van der Waals surface area contributed by atoms with Gasteiger partial charge in [-0.05, 0) is 191 Å². The van der Waals surface area contributed by atoms with Crippen LogP contribution in [0.3, 0.4) is 0 Å². The lowest BCUT2D eigenvalue weighted by Gasteiger charge is -2.46. The third kappa shape index (κ3) is 11.4. The molecule has 488 valence electrons. The van der Waals surface area contributed by atoms with Crippen LogP contribution in [0.4, 0.5) is 34.1 Å². The normalized spacial score (nSPS) is 12.6. The molecule has 0 atom stereocenters. The van der Waals surface area contributed by atoms with Crippen LogP contribution in [0, 0.1) is 0 Å². The predicted molar refractivity (Wildman–Crippen MR) is 433 cm³/mol. The highest BCUT2D eigenvalue weighted by atomic mass is 15.2. The van der Waals surface area contributed by atoms with Crippen LogP contribution in [0.15, 0.2) is 322 Å². The summed E-state index contributed by atoms with van der Waals surface area (Å²) in [6.45, 7) is 16.1. The van der Waals surface area contributed by atoms with Crippen LogP contribution in [-0.4, -0.2) is 11.3 Å². The number of nitrogens with zero attached hydrogens (tertiary/aromatic N) is 3. The van der Waals surface area contributed by atoms with Crippen LogP contribution < -0.4 is 26.2 Å². The van der Waals surface area contributed by atoms with Gasteiger partial charge in [0.2, 0.25) is 0 Å². The Hall–Kier alpha value is -11.5. The number of hydrogen-bond donors (Lipinski definition) is 0. The van der Waals surface area contributed by atoms with E-state index in [1.54, 1.807) is 0 Å². The summed E-state index contributed by atoms with van der Waals surface area (Å²) in [6, 6.07) is 122. The maximum atomic E-state index is 2.75. The molecule has 4 heteroatoms. The number of unbranched alkanes of at least 4 members (excludes halogenated alkanes) is 2. The Morgan fingerprint density at radius 1 is 0.297 bits per heavy atom. The Bertz CT molecular complexity index is 5400. The van der Waals surface area contributed by atoms with Crippen LogP contribution >= 0.6 is 0 Å². The minimum Gasteiger partial charge on any atom is -0.310 e. The smallest absolute Gasteiger partial charge is 0.252 e. The van der Waals surface area contributed by atoms with E-state index in [0.717, 1.165) is 104 Å². The maximum absolute atomic E-state index is 2.75. The number of rotatable bonds is 14. The fourth-order valence-electron chi connectivity index (χ4n) is 16.1. The largest absolute Gasteiger partial charge is 0.310 e. The predicted octanol–water partition coefficient (Wildman–Crippen LogP) is 24.9. The monoisotopic (exact) mass is 1300 g/mol. The Balaban J connectivity index is 1.05. The van der Waals surface area contributed by atoms with Crippen LogP contribution in [0.2, 0.25) is 0 Å². The third-order valence-corrected chi connectivity index (χ3v) is 21.3. The molecule has 0 spiro atoms. The number of aryl methyl sites for hydroxylation is 1. The molecule has 101 heavy (non-hydrogen) atoms. The average molecular weight is 1300 g/mol. The topological polar surface area (TPSA) is 11.4 Å². The summed E-state index contributed by atoms with van der Waals surface area (Å²) in [7, 11) is 0. The Morgan fingerprint density at radius 2 is 0.683 bits per heavy atom. The van der Waals surface area contributed by atoms with E-state index in [0.29, 0.717) is 0 Å². The number of fused-ring (bicyclic) bond motifs is 7. The molecule has 15 aromatic rings. The van der Waals surface area contributed by atoms with Gasteiger partial charge in [-0.25, -0.2) is 0 Å². The Morgan fingerprint density at radius 3 is 1.08 bits per heavy atom. The van der Waals surface area contributed by atoms with Crippen LogP contribution in [0.1, 0.15) is 84.4 Å². The fraction of sp³-hybridized carbons (Fsp3) is 0.134. The molecule has 2 aliphatic rings. The molecular formula is C97H82BN3. The summed E-state index contributed by atoms with van der Waals surface area (Å²) in [5.41, 5.74) is 34.4. The summed E-state index contributed by atoms with van der Waals surface area (Å²) in [6.07, 6.45) is 4.22. The maximum Gasteiger partial charge on any atom is 0.252 e. The quantitative estimate of drug-likeness (QED) is 0.0794. The van der Waals surface area contributed by atoms with Crippen molar-refractivity contribution in [3.05, 3.63) is 338 Å². The van der Waals surface area contributed by atoms with Gasteiger partial charge in [0, 0.05) is 61.5 Å². The SMILES string of the molecule is CCCCCc1cc2c3c(c1)N(c1c(-c4ccccc4)cc(-c4ccccc4)cc1-c1ccccc1)c1cc(-n4c5ccc(C(C)(C)C)cc5c5cc(C(C)(C)C)ccc54)ccc1B3c1cc(-c3ccccc3)ccc1N2c1c(-c2ccccc2)cc(-c2ccccc2)cc1-c1ccccc1. The van der Waals surface area contributed by atoms with Gasteiger partial charge in [0.25, 0.3) is 6.71 Å². The average Bonchev–Trinajstić information content (AvgIpc) is 1.37. The van der Waals surface area contributed by atoms with Gasteiger partial charge < -0.3 is 14.4 Å². The Labute approximate surface area is 596 Å². The van der Waals surface area contributed by atoms with Gasteiger partial charge in [-0.15, -0.1) is 0 Å². The second-order valence-electron chi connectivity index (χ2n) is 29.8. The van der Waals surface area contributed by atoms with Gasteiger partial charge in [0.15, 0.2) is 0 Å². The first kappa shape index (κ1) is 63.0. The molecule has 17 rings (SSSR count). The van der Waals surface area contributed by atoms with Crippen molar-refractivity contribution < 1.29 is 0 Å². The fourth-order valence-corrected chi connectivity index (χ4v) is 16.1. The first-order valence-corrected chi connectivity index (χ1v) is 36.2. The zero-order chi connectivity index (χ0) is 68.5. The summed E-state index contributed by atoms with van der Waals surface area (Å²) in [5.74, 6) is 0. The van der Waals surface area contributed by atoms with Crippen LogP contribution in [0.5, 0.6) is 0 Å². The molecule has 0 bridgehead atoms. The van der Waals surface area contributed by atoms with E-state index in [-0.39, 0.29) is 17.5 Å². The summed E-state index contributed by atoms with van der Waals surface area (Å²) < 4.78 is 2.57. The van der Waals surface area contributed by atoms with Gasteiger partial charge in [-0.3, -0.25) is 0 Å². The van der Waals surface area contributed by atoms with E-state index in [1.807, 2.05) is 0 Å². The van der Waals surface area contributed by atoms with Crippen molar-refractivity contribution in [3.63, 3.8) is 0 Å². The van der Waals surface area contributed by atoms with E-state index in [9.17, 15) is 0 Å². The molecule has 14 aromatic carbocycles. The lowest BCUT2D eigenvalue weighted by atomic mass is 9.33. The van der Waals surface area contributed by atoms with Gasteiger partial charge in [-0.1, -0.05) is 304 Å². The molecule has 0 saturated carbocycles. The first-order valence-electron chi connectivity index (χ1n) is 36.2. The second kappa shape index (κ2) is 25.7. The second-order valence-corrected chi connectivity index (χ2v) is 29.8. The standard InChI is InChI=1S/C97H82BN3/c1-8-9-17-32-65-55-91-93-92(56-65)101(95-81(71-43-28-15-29-44-71)59-75(68-37-22-12-23-38-68)60-82(95)72-45-30-16-31-46-72)90-64-78(99-87-53-48-76(96(2,3)4)62-83(87)84-63-77(97(5,6)7)49-54-88(84)99)50-51-85(90)98(93)86-61-73(66-33-18-10-19-34-66)47-52-89(86)100(91)94-79(69-39-24-13-25-40-69)57-74(67-35-20-11-21-36-67)58-80(94)70-41-26-14-27-42-70/h10-16,18-31,33-64H,8-9,17,32H2,1-7H3. The molecule has 0 saturated heterocycles. The van der Waals surface area contributed by atoms with E-state index >= 15 is 0 Å². The summed E-state index contributed by atoms with van der Waals surface area (Å²) in [4.78, 5) is 5.46. The van der Waals surface area contributed by atoms with Crippen LogP contribution in [0.25, 0.3) is 105 Å².